The summed E-state index contributed by atoms with van der Waals surface area (Å²) in [5, 5.41) is 12.9. The molecule has 1 heterocycles. The topological polar surface area (TPSA) is 85.3 Å². The molecular formula is C41H47F3N4O4. The van der Waals surface area contributed by atoms with Gasteiger partial charge >= 0.3 is 6.18 Å². The van der Waals surface area contributed by atoms with Crippen molar-refractivity contribution < 1.29 is 32.6 Å². The number of hydrogen-bond donors (Lipinski definition) is 2. The molecule has 1 aliphatic heterocycles. The third-order valence-corrected chi connectivity index (χ3v) is 9.32. The molecule has 4 aromatic rings. The zero-order valence-corrected chi connectivity index (χ0v) is 30.2. The first kappa shape index (κ1) is 38.4. The molecule has 5 rings (SSSR count). The van der Waals surface area contributed by atoms with Gasteiger partial charge in [0.2, 0.25) is 5.91 Å². The normalized spacial score (nSPS) is 16.9. The molecule has 1 aliphatic rings. The number of amides is 2. The van der Waals surface area contributed by atoms with E-state index in [1.807, 2.05) is 32.2 Å². The molecule has 0 fully saturated rings. The number of carbonyl (C=O) groups excluding carboxylic acids is 2. The predicted octanol–water partition coefficient (Wildman–Crippen LogP) is 7.79. The highest BCUT2D eigenvalue weighted by molar-refractivity contribution is 6.02. The molecule has 8 nitrogen and oxygen atoms in total. The lowest BCUT2D eigenvalue weighted by molar-refractivity contribution is -0.137. The molecule has 0 aliphatic carbocycles. The Balaban J connectivity index is 1.35. The van der Waals surface area contributed by atoms with Gasteiger partial charge in [-0.2, -0.15) is 13.2 Å². The lowest BCUT2D eigenvalue weighted by atomic mass is 9.98. The van der Waals surface area contributed by atoms with Crippen molar-refractivity contribution in [3.05, 3.63) is 119 Å². The summed E-state index contributed by atoms with van der Waals surface area (Å²) < 4.78 is 45.8. The maximum absolute atomic E-state index is 13.9. The van der Waals surface area contributed by atoms with Crippen LogP contribution in [0.2, 0.25) is 0 Å². The molecule has 4 aromatic carbocycles. The number of nitrogens with zero attached hydrogens (tertiary/aromatic N) is 3. The van der Waals surface area contributed by atoms with Crippen LogP contribution < -0.4 is 15.0 Å². The number of aliphatic hydroxyl groups excluding tert-OH is 1. The fourth-order valence-electron chi connectivity index (χ4n) is 6.53. The van der Waals surface area contributed by atoms with Gasteiger partial charge in [-0.25, -0.2) is 0 Å². The number of aliphatic hydroxyl groups is 1. The van der Waals surface area contributed by atoms with Crippen molar-refractivity contribution in [2.45, 2.75) is 65.0 Å². The van der Waals surface area contributed by atoms with Crippen LogP contribution in [0.1, 0.15) is 54.7 Å². The minimum absolute atomic E-state index is 0.155. The minimum atomic E-state index is -4.48. The van der Waals surface area contributed by atoms with E-state index in [4.69, 9.17) is 4.74 Å². The molecule has 1 unspecified atom stereocenters. The van der Waals surface area contributed by atoms with Crippen molar-refractivity contribution in [3.8, 4) is 5.75 Å². The predicted molar refractivity (Wildman–Crippen MR) is 198 cm³/mol. The van der Waals surface area contributed by atoms with Crippen molar-refractivity contribution in [2.24, 2.45) is 5.92 Å². The average molecular weight is 717 g/mol. The van der Waals surface area contributed by atoms with Gasteiger partial charge in [0.15, 0.2) is 5.75 Å². The van der Waals surface area contributed by atoms with Crippen LogP contribution in [0.5, 0.6) is 5.75 Å². The number of ether oxygens (including phenoxy) is 1. The van der Waals surface area contributed by atoms with E-state index in [0.717, 1.165) is 29.1 Å². The van der Waals surface area contributed by atoms with Gasteiger partial charge in [-0.1, -0.05) is 55.5 Å². The first-order chi connectivity index (χ1) is 24.7. The van der Waals surface area contributed by atoms with Gasteiger partial charge in [-0.05, 0) is 87.5 Å². The highest BCUT2D eigenvalue weighted by atomic mass is 19.4. The van der Waals surface area contributed by atoms with Gasteiger partial charge in [0.25, 0.3) is 5.91 Å². The van der Waals surface area contributed by atoms with Crippen LogP contribution in [0, 0.1) is 5.92 Å². The zero-order chi connectivity index (χ0) is 37.6. The van der Waals surface area contributed by atoms with E-state index in [2.05, 4.69) is 65.4 Å². The molecule has 2 N–H and O–H groups in total. The number of rotatable bonds is 12. The van der Waals surface area contributed by atoms with Crippen LogP contribution in [0.25, 0.3) is 0 Å². The van der Waals surface area contributed by atoms with E-state index in [0.29, 0.717) is 25.2 Å². The number of hydrogen-bond acceptors (Lipinski definition) is 6. The van der Waals surface area contributed by atoms with Gasteiger partial charge in [0.1, 0.15) is 6.10 Å². The highest BCUT2D eigenvalue weighted by Gasteiger charge is 2.35. The smallest absolute Gasteiger partial charge is 0.416 e. The molecule has 11 heteroatoms. The monoisotopic (exact) mass is 716 g/mol. The zero-order valence-electron chi connectivity index (χ0n) is 30.2. The van der Waals surface area contributed by atoms with E-state index >= 15 is 0 Å². The summed E-state index contributed by atoms with van der Waals surface area (Å²) in [7, 11) is 2.01. The highest BCUT2D eigenvalue weighted by Crippen LogP contribution is 2.36. The molecule has 0 saturated heterocycles. The summed E-state index contributed by atoms with van der Waals surface area (Å²) in [4.78, 5) is 33.1. The van der Waals surface area contributed by atoms with E-state index < -0.39 is 29.8 Å². The summed E-state index contributed by atoms with van der Waals surface area (Å²) in [6.45, 7) is 9.36. The number of fused-ring (bicyclic) bond motifs is 1. The summed E-state index contributed by atoms with van der Waals surface area (Å²) in [6, 6.07) is 27.9. The maximum Gasteiger partial charge on any atom is 0.416 e. The standard InChI is InChI=1S/C41H47F3N4O4/c1-27(2)48(33-10-7-6-8-11-33)34-20-16-31(17-21-34)24-46(5)25-37-28(3)23-47(29(4)26-49)40(51)35-12-9-13-36(39(35)52-37)45-38(50)22-30-14-18-32(19-15-30)41(42,43)44/h6-21,27-29,37,49H,22-26H2,1-5H3,(H,45,50)/t28-,29?,37-/m1/s1. The Hall–Kier alpha value is -4.87. The average Bonchev–Trinajstić information content (AvgIpc) is 3.10. The molecule has 0 saturated carbocycles. The van der Waals surface area contributed by atoms with Crippen LogP contribution in [0.4, 0.5) is 30.2 Å². The van der Waals surface area contributed by atoms with Crippen LogP contribution in [0.3, 0.4) is 0 Å². The maximum atomic E-state index is 13.9. The Morgan fingerprint density at radius 1 is 0.923 bits per heavy atom. The summed E-state index contributed by atoms with van der Waals surface area (Å²) in [5.41, 5.74) is 3.47. The van der Waals surface area contributed by atoms with Crippen molar-refractivity contribution >= 4 is 28.9 Å². The van der Waals surface area contributed by atoms with Crippen LogP contribution >= 0.6 is 0 Å². The molecule has 0 spiro atoms. The molecule has 0 bridgehead atoms. The molecule has 3 atom stereocenters. The first-order valence-corrected chi connectivity index (χ1v) is 17.5. The van der Waals surface area contributed by atoms with Crippen LogP contribution in [-0.4, -0.2) is 71.7 Å². The molecule has 0 aromatic heterocycles. The fraction of sp³-hybridized carbons (Fsp3) is 0.366. The Bertz CT molecular complexity index is 1800. The third-order valence-electron chi connectivity index (χ3n) is 9.32. The number of likely N-dealkylation sites (N-methyl/N-ethyl adjacent to an activating group) is 1. The third kappa shape index (κ3) is 9.32. The Morgan fingerprint density at radius 2 is 1.56 bits per heavy atom. The summed E-state index contributed by atoms with van der Waals surface area (Å²) >= 11 is 0. The second-order valence-corrected chi connectivity index (χ2v) is 13.9. The van der Waals surface area contributed by atoms with Crippen molar-refractivity contribution in [3.63, 3.8) is 0 Å². The Labute approximate surface area is 303 Å². The molecule has 52 heavy (non-hydrogen) atoms. The number of anilines is 3. The lowest BCUT2D eigenvalue weighted by Gasteiger charge is -2.38. The summed E-state index contributed by atoms with van der Waals surface area (Å²) in [6.07, 6.45) is -5.06. The van der Waals surface area contributed by atoms with Crippen molar-refractivity contribution in [2.75, 3.05) is 37.0 Å². The van der Waals surface area contributed by atoms with Gasteiger partial charge in [-0.15, -0.1) is 0 Å². The first-order valence-electron chi connectivity index (χ1n) is 17.5. The number of alkyl halides is 3. The van der Waals surface area contributed by atoms with Crippen LogP contribution in [0.15, 0.2) is 97.1 Å². The Kier molecular flexibility index (Phi) is 12.3. The van der Waals surface area contributed by atoms with Gasteiger partial charge in [0.05, 0.1) is 35.9 Å². The second kappa shape index (κ2) is 16.6. The van der Waals surface area contributed by atoms with E-state index in [1.54, 1.807) is 30.0 Å². The van der Waals surface area contributed by atoms with E-state index in [1.165, 1.54) is 12.1 Å². The molecule has 0 radical (unpaired) electrons. The largest absolute Gasteiger partial charge is 0.486 e. The lowest BCUT2D eigenvalue weighted by Crippen LogP contribution is -2.49. The van der Waals surface area contributed by atoms with Crippen molar-refractivity contribution in [1.82, 2.24) is 9.80 Å². The van der Waals surface area contributed by atoms with E-state index in [9.17, 15) is 27.9 Å². The van der Waals surface area contributed by atoms with Gasteiger partial charge < -0.3 is 25.0 Å². The minimum Gasteiger partial charge on any atom is -0.486 e. The van der Waals surface area contributed by atoms with Gasteiger partial charge in [-0.3, -0.25) is 14.5 Å². The fourth-order valence-corrected chi connectivity index (χ4v) is 6.53. The van der Waals surface area contributed by atoms with Gasteiger partial charge in [0, 0.05) is 43.0 Å². The molecule has 276 valence electrons. The molecular weight excluding hydrogens is 669 g/mol. The van der Waals surface area contributed by atoms with Crippen LogP contribution in [-0.2, 0) is 23.9 Å². The summed E-state index contributed by atoms with van der Waals surface area (Å²) in [5.74, 6) is -0.745. The Morgan fingerprint density at radius 3 is 2.17 bits per heavy atom. The SMILES string of the molecule is CC(CO)N1C[C@@H](C)[C@@H](CN(C)Cc2ccc(N(c3ccccc3)C(C)C)cc2)Oc2c(NC(=O)Cc3ccc(C(F)(F)F)cc3)cccc2C1=O. The number of halogens is 3. The van der Waals surface area contributed by atoms with Crippen molar-refractivity contribution in [1.29, 1.82) is 0 Å². The second-order valence-electron chi connectivity index (χ2n) is 13.9. The molecule has 2 amide bonds. The number of nitrogens with one attached hydrogen (secondary N) is 1. The van der Waals surface area contributed by atoms with E-state index in [-0.39, 0.29) is 47.9 Å². The quantitative estimate of drug-likeness (QED) is 0.156. The number of benzene rings is 4. The number of carbonyl (C=O) groups is 2. The number of para-hydroxylation sites is 2.